The van der Waals surface area contributed by atoms with E-state index in [0.29, 0.717) is 39.1 Å². The standard InChI is InChI=1S/C18H36N6O6/c1-13(23-15(25)4-2-6-17(27)28)21-10-11-22-14(12-20-9-8-19)24-16(26)5-3-7-18(29)30/h13-14,20-22H,2-12,19H2,1H3,(H,23,25)(H,24,26)(H,27,28)(H,29,30). The summed E-state index contributed by atoms with van der Waals surface area (Å²) >= 11 is 0. The molecule has 0 fully saturated rings. The maximum Gasteiger partial charge on any atom is 0.303 e. The third-order valence-electron chi connectivity index (χ3n) is 3.94. The predicted octanol–water partition coefficient (Wildman–Crippen LogP) is -1.87. The van der Waals surface area contributed by atoms with Crippen molar-refractivity contribution in [1.82, 2.24) is 26.6 Å². The van der Waals surface area contributed by atoms with Crippen molar-refractivity contribution >= 4 is 23.8 Å². The smallest absolute Gasteiger partial charge is 0.303 e. The molecule has 2 unspecified atom stereocenters. The first-order valence-corrected chi connectivity index (χ1v) is 10.1. The summed E-state index contributed by atoms with van der Waals surface area (Å²) in [6.45, 7) is 4.31. The lowest BCUT2D eigenvalue weighted by Crippen LogP contribution is -2.54. The molecule has 0 aliphatic carbocycles. The van der Waals surface area contributed by atoms with Crippen molar-refractivity contribution in [2.24, 2.45) is 5.73 Å². The lowest BCUT2D eigenvalue weighted by molar-refractivity contribution is -0.138. The van der Waals surface area contributed by atoms with Gasteiger partial charge in [0.2, 0.25) is 11.8 Å². The van der Waals surface area contributed by atoms with Crippen molar-refractivity contribution in [3.63, 3.8) is 0 Å². The summed E-state index contributed by atoms with van der Waals surface area (Å²) < 4.78 is 0. The third-order valence-corrected chi connectivity index (χ3v) is 3.94. The number of hydrogen-bond acceptors (Lipinski definition) is 8. The molecule has 0 spiro atoms. The van der Waals surface area contributed by atoms with Crippen LogP contribution in [0.5, 0.6) is 0 Å². The highest BCUT2D eigenvalue weighted by atomic mass is 16.4. The molecule has 12 nitrogen and oxygen atoms in total. The van der Waals surface area contributed by atoms with Crippen molar-refractivity contribution in [2.75, 3.05) is 32.7 Å². The van der Waals surface area contributed by atoms with Gasteiger partial charge in [0.05, 0.1) is 12.3 Å². The molecule has 0 rings (SSSR count). The molecule has 174 valence electrons. The zero-order valence-electron chi connectivity index (χ0n) is 17.5. The molecule has 2 amide bonds. The topological polar surface area (TPSA) is 195 Å². The van der Waals surface area contributed by atoms with Crippen LogP contribution >= 0.6 is 0 Å². The lowest BCUT2D eigenvalue weighted by atomic mass is 10.2. The van der Waals surface area contributed by atoms with E-state index in [1.165, 1.54) is 0 Å². The van der Waals surface area contributed by atoms with E-state index in [1.54, 1.807) is 6.92 Å². The van der Waals surface area contributed by atoms with Gasteiger partial charge >= 0.3 is 11.9 Å². The van der Waals surface area contributed by atoms with Gasteiger partial charge in [-0.3, -0.25) is 29.8 Å². The maximum atomic E-state index is 12.0. The van der Waals surface area contributed by atoms with Crippen molar-refractivity contribution in [3.8, 4) is 0 Å². The minimum absolute atomic E-state index is 0.0409. The number of hydrogen-bond donors (Lipinski definition) is 8. The summed E-state index contributed by atoms with van der Waals surface area (Å²) in [5.41, 5.74) is 5.45. The van der Waals surface area contributed by atoms with E-state index >= 15 is 0 Å². The summed E-state index contributed by atoms with van der Waals surface area (Å²) in [7, 11) is 0. The third kappa shape index (κ3) is 17.8. The van der Waals surface area contributed by atoms with E-state index in [1.807, 2.05) is 0 Å². The molecule has 2 atom stereocenters. The largest absolute Gasteiger partial charge is 0.481 e. The molecular formula is C18H36N6O6. The Hall–Kier alpha value is -2.28. The molecule has 0 aromatic rings. The predicted molar refractivity (Wildman–Crippen MR) is 110 cm³/mol. The Morgan fingerprint density at radius 3 is 1.87 bits per heavy atom. The van der Waals surface area contributed by atoms with Crippen LogP contribution in [0.1, 0.15) is 45.4 Å². The van der Waals surface area contributed by atoms with E-state index in [0.717, 1.165) is 0 Å². The fourth-order valence-electron chi connectivity index (χ4n) is 2.49. The molecule has 0 saturated heterocycles. The van der Waals surface area contributed by atoms with Crippen LogP contribution in [0, 0.1) is 0 Å². The SMILES string of the molecule is CC(NCCNC(CNCCN)NC(=O)CCCC(=O)O)NC(=O)CCCC(=O)O. The van der Waals surface area contributed by atoms with Crippen LogP contribution in [0.4, 0.5) is 0 Å². The first kappa shape index (κ1) is 27.7. The molecular weight excluding hydrogens is 396 g/mol. The number of carboxylic acid groups (broad SMARTS) is 2. The minimum Gasteiger partial charge on any atom is -0.481 e. The summed E-state index contributed by atoms with van der Waals surface area (Å²) in [6.07, 6.45) is 0.111. The quantitative estimate of drug-likeness (QED) is 0.0846. The highest BCUT2D eigenvalue weighted by molar-refractivity contribution is 5.77. The molecule has 12 heteroatoms. The van der Waals surface area contributed by atoms with Crippen molar-refractivity contribution in [3.05, 3.63) is 0 Å². The van der Waals surface area contributed by atoms with Crippen LogP contribution in [0.25, 0.3) is 0 Å². The number of nitrogens with one attached hydrogen (secondary N) is 5. The zero-order valence-corrected chi connectivity index (χ0v) is 17.5. The van der Waals surface area contributed by atoms with Crippen LogP contribution in [0.3, 0.4) is 0 Å². The van der Waals surface area contributed by atoms with E-state index in [-0.39, 0.29) is 56.3 Å². The molecule has 0 aliphatic rings. The Morgan fingerprint density at radius 1 is 0.800 bits per heavy atom. The maximum absolute atomic E-state index is 12.0. The van der Waals surface area contributed by atoms with Crippen molar-refractivity contribution in [2.45, 2.75) is 57.8 Å². The van der Waals surface area contributed by atoms with Gasteiger partial charge in [-0.2, -0.15) is 0 Å². The Balaban J connectivity index is 4.14. The average molecular weight is 433 g/mol. The number of nitrogens with two attached hydrogens (primary N) is 1. The Bertz CT molecular complexity index is 533. The van der Waals surface area contributed by atoms with Crippen LogP contribution in [0.2, 0.25) is 0 Å². The van der Waals surface area contributed by atoms with E-state index in [2.05, 4.69) is 26.6 Å². The van der Waals surface area contributed by atoms with Gasteiger partial charge in [0.1, 0.15) is 0 Å². The normalized spacial score (nSPS) is 12.7. The Kier molecular flexibility index (Phi) is 16.2. The van der Waals surface area contributed by atoms with E-state index in [9.17, 15) is 19.2 Å². The van der Waals surface area contributed by atoms with Crippen LogP contribution in [0.15, 0.2) is 0 Å². The molecule has 0 saturated carbocycles. The number of carbonyl (C=O) groups excluding carboxylic acids is 2. The highest BCUT2D eigenvalue weighted by Crippen LogP contribution is 1.96. The summed E-state index contributed by atoms with van der Waals surface area (Å²) in [4.78, 5) is 44.7. The molecule has 0 aromatic carbocycles. The minimum atomic E-state index is -0.934. The highest BCUT2D eigenvalue weighted by Gasteiger charge is 2.12. The molecule has 0 bridgehead atoms. The average Bonchev–Trinajstić information content (AvgIpc) is 2.64. The summed E-state index contributed by atoms with van der Waals surface area (Å²) in [5, 5.41) is 32.1. The Labute approximate surface area is 176 Å². The van der Waals surface area contributed by atoms with Gasteiger partial charge in [0, 0.05) is 58.4 Å². The van der Waals surface area contributed by atoms with Gasteiger partial charge in [0.15, 0.2) is 0 Å². The number of aliphatic carboxylic acids is 2. The number of carboxylic acids is 2. The number of amides is 2. The molecule has 0 aliphatic heterocycles. The second-order valence-electron chi connectivity index (χ2n) is 6.80. The van der Waals surface area contributed by atoms with Crippen molar-refractivity contribution < 1.29 is 29.4 Å². The van der Waals surface area contributed by atoms with Gasteiger partial charge < -0.3 is 31.9 Å². The number of rotatable bonds is 19. The summed E-state index contributed by atoms with van der Waals surface area (Å²) in [5.74, 6) is -2.32. The Morgan fingerprint density at radius 2 is 1.33 bits per heavy atom. The van der Waals surface area contributed by atoms with Gasteiger partial charge in [-0.1, -0.05) is 0 Å². The second kappa shape index (κ2) is 17.6. The van der Waals surface area contributed by atoms with Gasteiger partial charge in [-0.25, -0.2) is 0 Å². The molecule has 30 heavy (non-hydrogen) atoms. The fraction of sp³-hybridized carbons (Fsp3) is 0.778. The molecule has 9 N–H and O–H groups in total. The number of carbonyl (C=O) groups is 4. The van der Waals surface area contributed by atoms with Crippen LogP contribution < -0.4 is 32.3 Å². The van der Waals surface area contributed by atoms with E-state index < -0.39 is 11.9 Å². The second-order valence-corrected chi connectivity index (χ2v) is 6.80. The van der Waals surface area contributed by atoms with E-state index in [4.69, 9.17) is 15.9 Å². The summed E-state index contributed by atoms with van der Waals surface area (Å²) in [6, 6.07) is 0. The monoisotopic (exact) mass is 432 g/mol. The molecule has 0 heterocycles. The van der Waals surface area contributed by atoms with Gasteiger partial charge in [-0.05, 0) is 19.8 Å². The van der Waals surface area contributed by atoms with Gasteiger partial charge in [0.25, 0.3) is 0 Å². The van der Waals surface area contributed by atoms with Crippen molar-refractivity contribution in [1.29, 1.82) is 0 Å². The zero-order chi connectivity index (χ0) is 22.8. The first-order valence-electron chi connectivity index (χ1n) is 10.1. The first-order chi connectivity index (χ1) is 14.2. The van der Waals surface area contributed by atoms with Crippen LogP contribution in [-0.4, -0.2) is 79.0 Å². The fourth-order valence-corrected chi connectivity index (χ4v) is 2.49. The van der Waals surface area contributed by atoms with Crippen LogP contribution in [-0.2, 0) is 19.2 Å². The van der Waals surface area contributed by atoms with Gasteiger partial charge in [-0.15, -0.1) is 0 Å². The molecule has 0 aromatic heterocycles. The lowest BCUT2D eigenvalue weighted by Gasteiger charge is -2.22. The molecule has 0 radical (unpaired) electrons.